The van der Waals surface area contributed by atoms with Crippen LogP contribution in [0.3, 0.4) is 0 Å². The van der Waals surface area contributed by atoms with Crippen LogP contribution in [0.25, 0.3) is 0 Å². The molecule has 0 radical (unpaired) electrons. The number of nitrogens with one attached hydrogen (secondary N) is 1. The van der Waals surface area contributed by atoms with Gasteiger partial charge in [-0.1, -0.05) is 13.8 Å². The number of rotatable bonds is 8. The van der Waals surface area contributed by atoms with Crippen LogP contribution >= 0.6 is 12.4 Å². The van der Waals surface area contributed by atoms with Crippen molar-refractivity contribution < 1.29 is 19.1 Å². The van der Waals surface area contributed by atoms with Gasteiger partial charge in [0.2, 0.25) is 11.8 Å². The minimum absolute atomic E-state index is 0. The van der Waals surface area contributed by atoms with E-state index >= 15 is 0 Å². The Morgan fingerprint density at radius 1 is 1.22 bits per heavy atom. The lowest BCUT2D eigenvalue weighted by Crippen LogP contribution is -2.50. The van der Waals surface area contributed by atoms with E-state index in [9.17, 15) is 9.59 Å². The molecule has 2 rings (SSSR count). The van der Waals surface area contributed by atoms with E-state index < -0.39 is 11.5 Å². The van der Waals surface area contributed by atoms with Crippen LogP contribution in [0.5, 0.6) is 11.5 Å². The Morgan fingerprint density at radius 2 is 1.78 bits per heavy atom. The first-order valence-electron chi connectivity index (χ1n) is 8.95. The maximum absolute atomic E-state index is 12.5. The Bertz CT molecular complexity index is 642. The molecule has 8 heteroatoms. The molecule has 0 saturated carbocycles. The third-order valence-corrected chi connectivity index (χ3v) is 5.17. The predicted octanol–water partition coefficient (Wildman–Crippen LogP) is 2.11. The molecule has 1 heterocycles. The number of carbonyl (C=O) groups excluding carboxylic acids is 2. The first-order chi connectivity index (χ1) is 12.4. The average molecular weight is 400 g/mol. The van der Waals surface area contributed by atoms with Gasteiger partial charge in [-0.25, -0.2) is 0 Å². The fourth-order valence-corrected chi connectivity index (χ4v) is 2.99. The number of nitrogens with two attached hydrogens (primary N) is 1. The van der Waals surface area contributed by atoms with Crippen molar-refractivity contribution in [2.75, 3.05) is 32.2 Å². The fourth-order valence-electron chi connectivity index (χ4n) is 2.99. The monoisotopic (exact) mass is 399 g/mol. The first kappa shape index (κ1) is 23.0. The maximum Gasteiger partial charge on any atom is 0.227 e. The summed E-state index contributed by atoms with van der Waals surface area (Å²) < 4.78 is 10.5. The number of nitrogens with zero attached hydrogens (tertiary/aromatic N) is 1. The quantitative estimate of drug-likeness (QED) is 0.698. The molecule has 1 aromatic rings. The van der Waals surface area contributed by atoms with Crippen LogP contribution in [0, 0.1) is 5.92 Å². The molecule has 3 N–H and O–H groups in total. The zero-order valence-electron chi connectivity index (χ0n) is 16.4. The summed E-state index contributed by atoms with van der Waals surface area (Å²) >= 11 is 0. The van der Waals surface area contributed by atoms with Crippen LogP contribution < -0.4 is 25.4 Å². The number of ether oxygens (including phenoxy) is 2. The van der Waals surface area contributed by atoms with Gasteiger partial charge in [0.25, 0.3) is 0 Å². The third-order valence-electron chi connectivity index (χ3n) is 5.17. The number of carbonyl (C=O) groups is 2. The van der Waals surface area contributed by atoms with Crippen molar-refractivity contribution in [2.24, 2.45) is 11.7 Å². The van der Waals surface area contributed by atoms with E-state index in [1.165, 1.54) is 0 Å². The number of halogens is 1. The molecule has 1 unspecified atom stereocenters. The van der Waals surface area contributed by atoms with Crippen molar-refractivity contribution in [1.82, 2.24) is 5.32 Å². The largest absolute Gasteiger partial charge is 0.497 e. The van der Waals surface area contributed by atoms with Crippen LogP contribution in [0.1, 0.15) is 33.1 Å². The van der Waals surface area contributed by atoms with Crippen LogP contribution in [0.4, 0.5) is 5.69 Å². The second-order valence-corrected chi connectivity index (χ2v) is 6.76. The van der Waals surface area contributed by atoms with Crippen molar-refractivity contribution in [3.63, 3.8) is 0 Å². The van der Waals surface area contributed by atoms with Crippen LogP contribution in [0.15, 0.2) is 18.2 Å². The van der Waals surface area contributed by atoms with Crippen LogP contribution in [-0.4, -0.2) is 44.7 Å². The standard InChI is InChI=1S/C19H29N3O4.ClH/c1-5-19(20,6-2)12-21-18(24)13-7-17(23)22(11-13)14-8-15(25-3)10-16(9-14)26-4;/h8-10,13H,5-7,11-12,20H2,1-4H3,(H,21,24);1H. The normalized spacial score (nSPS) is 16.7. The highest BCUT2D eigenvalue weighted by atomic mass is 35.5. The van der Waals surface area contributed by atoms with Gasteiger partial charge in [0.05, 0.1) is 25.8 Å². The summed E-state index contributed by atoms with van der Waals surface area (Å²) in [6, 6.07) is 5.27. The van der Waals surface area contributed by atoms with Crippen molar-refractivity contribution in [1.29, 1.82) is 0 Å². The van der Waals surface area contributed by atoms with Crippen molar-refractivity contribution in [2.45, 2.75) is 38.6 Å². The van der Waals surface area contributed by atoms with Gasteiger partial charge in [0.1, 0.15) is 11.5 Å². The van der Waals surface area contributed by atoms with E-state index in [4.69, 9.17) is 15.2 Å². The topological polar surface area (TPSA) is 93.9 Å². The summed E-state index contributed by atoms with van der Waals surface area (Å²) in [5.41, 5.74) is 6.49. The molecule has 27 heavy (non-hydrogen) atoms. The molecule has 1 aromatic carbocycles. The van der Waals surface area contributed by atoms with E-state index in [2.05, 4.69) is 5.32 Å². The summed E-state index contributed by atoms with van der Waals surface area (Å²) in [5, 5.41) is 2.91. The zero-order valence-corrected chi connectivity index (χ0v) is 17.2. The Labute approximate surface area is 167 Å². The van der Waals surface area contributed by atoms with E-state index in [0.29, 0.717) is 30.3 Å². The highest BCUT2D eigenvalue weighted by molar-refractivity contribution is 6.00. The minimum atomic E-state index is -0.405. The Balaban J connectivity index is 0.00000364. The van der Waals surface area contributed by atoms with Gasteiger partial charge in [-0.05, 0) is 12.8 Å². The molecule has 1 saturated heterocycles. The van der Waals surface area contributed by atoms with Gasteiger partial charge in [0.15, 0.2) is 0 Å². The summed E-state index contributed by atoms with van der Waals surface area (Å²) in [4.78, 5) is 26.5. The second-order valence-electron chi connectivity index (χ2n) is 6.76. The van der Waals surface area contributed by atoms with E-state index in [1.807, 2.05) is 13.8 Å². The van der Waals surface area contributed by atoms with Gasteiger partial charge < -0.3 is 25.4 Å². The maximum atomic E-state index is 12.5. The number of methoxy groups -OCH3 is 2. The summed E-state index contributed by atoms with van der Waals surface area (Å²) in [5.74, 6) is 0.577. The molecule has 1 atom stereocenters. The highest BCUT2D eigenvalue weighted by Crippen LogP contribution is 2.32. The lowest BCUT2D eigenvalue weighted by molar-refractivity contribution is -0.126. The van der Waals surface area contributed by atoms with E-state index in [1.54, 1.807) is 37.3 Å². The molecule has 1 aliphatic rings. The van der Waals surface area contributed by atoms with Gasteiger partial charge in [-0.2, -0.15) is 0 Å². The molecule has 1 fully saturated rings. The summed E-state index contributed by atoms with van der Waals surface area (Å²) in [6.45, 7) is 4.76. The lowest BCUT2D eigenvalue weighted by Gasteiger charge is -2.27. The fraction of sp³-hybridized carbons (Fsp3) is 0.579. The van der Waals surface area contributed by atoms with E-state index in [-0.39, 0.29) is 30.6 Å². The summed E-state index contributed by atoms with van der Waals surface area (Å²) in [6.07, 6.45) is 1.74. The first-order valence-corrected chi connectivity index (χ1v) is 8.95. The molecule has 2 amide bonds. The number of hydrogen-bond donors (Lipinski definition) is 2. The van der Waals surface area contributed by atoms with Gasteiger partial charge >= 0.3 is 0 Å². The number of anilines is 1. The lowest BCUT2D eigenvalue weighted by atomic mass is 9.94. The zero-order chi connectivity index (χ0) is 19.3. The van der Waals surface area contributed by atoms with Gasteiger partial charge in [-0.15, -0.1) is 12.4 Å². The molecule has 0 spiro atoms. The molecule has 1 aliphatic heterocycles. The molecule has 0 aliphatic carbocycles. The number of amides is 2. The number of benzene rings is 1. The Morgan fingerprint density at radius 3 is 2.26 bits per heavy atom. The molecule has 152 valence electrons. The summed E-state index contributed by atoms with van der Waals surface area (Å²) in [7, 11) is 3.11. The van der Waals surface area contributed by atoms with Crippen LogP contribution in [0.2, 0.25) is 0 Å². The van der Waals surface area contributed by atoms with E-state index in [0.717, 1.165) is 12.8 Å². The smallest absolute Gasteiger partial charge is 0.227 e. The predicted molar refractivity (Wildman–Crippen MR) is 108 cm³/mol. The minimum Gasteiger partial charge on any atom is -0.497 e. The molecular formula is C19H30ClN3O4. The highest BCUT2D eigenvalue weighted by Gasteiger charge is 2.36. The average Bonchev–Trinajstić information content (AvgIpc) is 3.07. The second kappa shape index (κ2) is 9.80. The SMILES string of the molecule is CCC(N)(CC)CNC(=O)C1CC(=O)N(c2cc(OC)cc(OC)c2)C1.Cl. The van der Waals surface area contributed by atoms with Crippen molar-refractivity contribution in [3.8, 4) is 11.5 Å². The third kappa shape index (κ3) is 5.49. The molecule has 0 bridgehead atoms. The van der Waals surface area contributed by atoms with Crippen molar-refractivity contribution in [3.05, 3.63) is 18.2 Å². The van der Waals surface area contributed by atoms with Crippen LogP contribution in [-0.2, 0) is 9.59 Å². The number of hydrogen-bond acceptors (Lipinski definition) is 5. The molecule has 0 aromatic heterocycles. The van der Waals surface area contributed by atoms with Gasteiger partial charge in [0, 0.05) is 43.2 Å². The Kier molecular flexibility index (Phi) is 8.37. The molecule has 7 nitrogen and oxygen atoms in total. The van der Waals surface area contributed by atoms with Gasteiger partial charge in [-0.3, -0.25) is 9.59 Å². The molecular weight excluding hydrogens is 370 g/mol. The Hall–Kier alpha value is -1.99. The van der Waals surface area contributed by atoms with Crippen molar-refractivity contribution >= 4 is 29.9 Å².